The molecule has 0 spiro atoms. The zero-order valence-electron chi connectivity index (χ0n) is 20.4. The number of rotatable bonds is 5. The van der Waals surface area contributed by atoms with Gasteiger partial charge in [0.2, 0.25) is 5.60 Å². The number of aromatic nitrogens is 2. The van der Waals surface area contributed by atoms with E-state index in [-0.39, 0.29) is 22.7 Å². The first kappa shape index (κ1) is 27.4. The van der Waals surface area contributed by atoms with E-state index in [0.717, 1.165) is 12.3 Å². The van der Waals surface area contributed by atoms with Gasteiger partial charge >= 0.3 is 6.18 Å². The Bertz CT molecular complexity index is 1410. The average molecular weight is 579 g/mol. The van der Waals surface area contributed by atoms with Crippen molar-refractivity contribution in [3.05, 3.63) is 87.4 Å². The topological polar surface area (TPSA) is 95.4 Å². The quantitative estimate of drug-likeness (QED) is 0.424. The summed E-state index contributed by atoms with van der Waals surface area (Å²) in [6.07, 6.45) is -0.301. The van der Waals surface area contributed by atoms with Gasteiger partial charge in [-0.1, -0.05) is 41.4 Å². The smallest absolute Gasteiger partial charge is 0.370 e. The summed E-state index contributed by atoms with van der Waals surface area (Å²) in [5, 5.41) is 14.6. The Kier molecular flexibility index (Phi) is 7.30. The Balaban J connectivity index is 1.27. The van der Waals surface area contributed by atoms with E-state index in [2.05, 4.69) is 15.3 Å². The summed E-state index contributed by atoms with van der Waals surface area (Å²) in [6.45, 7) is 0.336. The number of hydrogen-bond acceptors (Lipinski definition) is 5. The summed E-state index contributed by atoms with van der Waals surface area (Å²) in [7, 11) is 0. The van der Waals surface area contributed by atoms with E-state index in [0.29, 0.717) is 48.5 Å². The number of aliphatic hydroxyl groups is 1. The van der Waals surface area contributed by atoms with Crippen LogP contribution in [-0.4, -0.2) is 39.5 Å². The number of benzene rings is 1. The molecule has 3 aromatic rings. The van der Waals surface area contributed by atoms with Crippen molar-refractivity contribution in [2.75, 3.05) is 11.4 Å². The molecular weight excluding hydrogens is 556 g/mol. The minimum Gasteiger partial charge on any atom is -0.370 e. The molecule has 1 fully saturated rings. The minimum atomic E-state index is -4.79. The monoisotopic (exact) mass is 578 g/mol. The van der Waals surface area contributed by atoms with E-state index in [4.69, 9.17) is 23.2 Å². The third kappa shape index (κ3) is 5.20. The highest BCUT2D eigenvalue weighted by molar-refractivity contribution is 6.31. The number of para-hydroxylation sites is 1. The summed E-state index contributed by atoms with van der Waals surface area (Å²) in [5.74, 6) is -1.35. The second-order valence-corrected chi connectivity index (χ2v) is 10.6. The Labute approximate surface area is 232 Å². The number of anilines is 1. The molecule has 1 aliphatic carbocycles. The van der Waals surface area contributed by atoms with Gasteiger partial charge in [-0.05, 0) is 55.9 Å². The lowest BCUT2D eigenvalue weighted by molar-refractivity contribution is -0.141. The van der Waals surface area contributed by atoms with Crippen molar-refractivity contribution in [2.45, 2.75) is 43.5 Å². The summed E-state index contributed by atoms with van der Waals surface area (Å²) < 4.78 is 40.0. The number of hydrogen-bond donors (Lipinski definition) is 2. The van der Waals surface area contributed by atoms with Gasteiger partial charge in [0, 0.05) is 30.5 Å². The molecule has 1 atom stereocenters. The molecule has 2 amide bonds. The minimum absolute atomic E-state index is 0.0502. The summed E-state index contributed by atoms with van der Waals surface area (Å²) in [4.78, 5) is 35.4. The van der Waals surface area contributed by atoms with Crippen molar-refractivity contribution in [1.82, 2.24) is 15.3 Å². The van der Waals surface area contributed by atoms with E-state index < -0.39 is 34.8 Å². The highest BCUT2D eigenvalue weighted by Crippen LogP contribution is 2.44. The molecule has 1 unspecified atom stereocenters. The van der Waals surface area contributed by atoms with Crippen molar-refractivity contribution >= 4 is 40.7 Å². The first-order valence-electron chi connectivity index (χ1n) is 12.3. The number of pyridine rings is 2. The van der Waals surface area contributed by atoms with Gasteiger partial charge in [0.15, 0.2) is 5.69 Å². The third-order valence-corrected chi connectivity index (χ3v) is 7.66. The molecule has 3 heterocycles. The van der Waals surface area contributed by atoms with Gasteiger partial charge in [-0.15, -0.1) is 0 Å². The molecule has 0 saturated heterocycles. The molecule has 2 aliphatic rings. The van der Waals surface area contributed by atoms with Crippen LogP contribution in [0.3, 0.4) is 0 Å². The fourth-order valence-corrected chi connectivity index (χ4v) is 5.57. The Hall–Kier alpha value is -3.21. The second-order valence-electron chi connectivity index (χ2n) is 9.74. The molecule has 12 heteroatoms. The summed E-state index contributed by atoms with van der Waals surface area (Å²) in [6, 6.07) is 10.7. The van der Waals surface area contributed by atoms with Crippen molar-refractivity contribution in [1.29, 1.82) is 0 Å². The first-order chi connectivity index (χ1) is 18.5. The first-order valence-corrected chi connectivity index (χ1v) is 13.0. The van der Waals surface area contributed by atoms with Crippen molar-refractivity contribution in [3.63, 3.8) is 0 Å². The normalized spacial score (nSPS) is 23.0. The second kappa shape index (κ2) is 10.4. The predicted octanol–water partition coefficient (Wildman–Crippen LogP) is 5.37. The number of nitrogens with zero attached hydrogens (tertiary/aromatic N) is 3. The Morgan fingerprint density at radius 3 is 2.41 bits per heavy atom. The molecule has 1 saturated carbocycles. The number of halogens is 5. The van der Waals surface area contributed by atoms with Crippen LogP contribution in [0.5, 0.6) is 0 Å². The molecular formula is C27H23Cl2F3N4O3. The van der Waals surface area contributed by atoms with Gasteiger partial charge in [-0.2, -0.15) is 13.2 Å². The zero-order valence-corrected chi connectivity index (χ0v) is 21.9. The van der Waals surface area contributed by atoms with Gasteiger partial charge in [0.05, 0.1) is 27.0 Å². The van der Waals surface area contributed by atoms with E-state index >= 15 is 0 Å². The van der Waals surface area contributed by atoms with Crippen LogP contribution in [0.25, 0.3) is 0 Å². The maximum Gasteiger partial charge on any atom is 0.434 e. The van der Waals surface area contributed by atoms with Gasteiger partial charge in [0.1, 0.15) is 0 Å². The summed E-state index contributed by atoms with van der Waals surface area (Å²) in [5.41, 5.74) is -2.66. The lowest BCUT2D eigenvalue weighted by atomic mass is 9.85. The maximum absolute atomic E-state index is 13.6. The highest BCUT2D eigenvalue weighted by atomic mass is 35.5. The van der Waals surface area contributed by atoms with Crippen LogP contribution in [-0.2, 0) is 16.6 Å². The molecule has 1 aliphatic heterocycles. The summed E-state index contributed by atoms with van der Waals surface area (Å²) >= 11 is 11.7. The standard InChI is InChI=1S/C27H23Cl2F3N4O3/c28-16-7-10-22(33-12-16)26(39)20-3-1-2-4-21(20)36(25(26)38)14-15-5-8-18(9-6-15)35-24(37)19-11-17(29)13-34-23(19)27(30,31)32/h1-4,7,10-13,15,18,39H,5-6,8-9,14H2,(H,35,37). The van der Waals surface area contributed by atoms with E-state index in [1.165, 1.54) is 12.3 Å². The molecule has 0 radical (unpaired) electrons. The molecule has 204 valence electrons. The molecule has 1 aromatic carbocycles. The van der Waals surface area contributed by atoms with E-state index in [1.807, 2.05) is 0 Å². The number of carbonyl (C=O) groups is 2. The average Bonchev–Trinajstić information content (AvgIpc) is 3.12. The SMILES string of the molecule is O=C(NC1CCC(CN2C(=O)C(O)(c3ccc(Cl)cn3)c3ccccc32)CC1)c1cc(Cl)cnc1C(F)(F)F. The zero-order chi connectivity index (χ0) is 27.9. The van der Waals surface area contributed by atoms with E-state index in [9.17, 15) is 27.9 Å². The van der Waals surface area contributed by atoms with Crippen LogP contribution in [0.15, 0.2) is 54.9 Å². The number of fused-ring (bicyclic) bond motifs is 1. The van der Waals surface area contributed by atoms with Crippen LogP contribution >= 0.6 is 23.2 Å². The van der Waals surface area contributed by atoms with Crippen LogP contribution in [0.2, 0.25) is 10.0 Å². The fraction of sp³-hybridized carbons (Fsp3) is 0.333. The van der Waals surface area contributed by atoms with Crippen molar-refractivity contribution in [2.24, 2.45) is 5.92 Å². The number of carbonyl (C=O) groups excluding carboxylic acids is 2. The molecule has 2 N–H and O–H groups in total. The Morgan fingerprint density at radius 1 is 1.05 bits per heavy atom. The predicted molar refractivity (Wildman–Crippen MR) is 139 cm³/mol. The molecule has 5 rings (SSSR count). The van der Waals surface area contributed by atoms with Crippen LogP contribution in [0, 0.1) is 5.92 Å². The number of alkyl halides is 3. The fourth-order valence-electron chi connectivity index (χ4n) is 5.30. The molecule has 2 aromatic heterocycles. The van der Waals surface area contributed by atoms with Crippen LogP contribution < -0.4 is 10.2 Å². The molecule has 0 bridgehead atoms. The van der Waals surface area contributed by atoms with Crippen LogP contribution in [0.4, 0.5) is 18.9 Å². The van der Waals surface area contributed by atoms with Gasteiger partial charge in [0.25, 0.3) is 11.8 Å². The lowest BCUT2D eigenvalue weighted by Gasteiger charge is -2.32. The van der Waals surface area contributed by atoms with Crippen molar-refractivity contribution in [3.8, 4) is 0 Å². The van der Waals surface area contributed by atoms with Gasteiger partial charge < -0.3 is 15.3 Å². The van der Waals surface area contributed by atoms with Crippen LogP contribution in [0.1, 0.15) is 53.0 Å². The maximum atomic E-state index is 13.6. The third-order valence-electron chi connectivity index (χ3n) is 7.23. The molecule has 39 heavy (non-hydrogen) atoms. The largest absolute Gasteiger partial charge is 0.434 e. The number of nitrogens with one attached hydrogen (secondary N) is 1. The van der Waals surface area contributed by atoms with Gasteiger partial charge in [-0.3, -0.25) is 14.6 Å². The van der Waals surface area contributed by atoms with E-state index in [1.54, 1.807) is 35.2 Å². The number of amides is 2. The lowest BCUT2D eigenvalue weighted by Crippen LogP contribution is -2.45. The Morgan fingerprint density at radius 2 is 1.74 bits per heavy atom. The van der Waals surface area contributed by atoms with Gasteiger partial charge in [-0.25, -0.2) is 4.98 Å². The van der Waals surface area contributed by atoms with Crippen molar-refractivity contribution < 1.29 is 27.9 Å². The highest BCUT2D eigenvalue weighted by Gasteiger charge is 2.52. The molecule has 7 nitrogen and oxygen atoms in total.